The van der Waals surface area contributed by atoms with Gasteiger partial charge in [-0.3, -0.25) is 0 Å². The average molecular weight is 455 g/mol. The fourth-order valence-electron chi connectivity index (χ4n) is 4.57. The summed E-state index contributed by atoms with van der Waals surface area (Å²) in [5.41, 5.74) is 6.75. The van der Waals surface area contributed by atoms with Gasteiger partial charge in [0.05, 0.1) is 12.6 Å². The highest BCUT2D eigenvalue weighted by Gasteiger charge is 2.24. The monoisotopic (exact) mass is 454 g/mol. The van der Waals surface area contributed by atoms with Crippen LogP contribution < -0.4 is 10.1 Å². The second kappa shape index (κ2) is 9.36. The normalized spacial score (nSPS) is 16.2. The van der Waals surface area contributed by atoms with Crippen molar-refractivity contribution in [2.45, 2.75) is 64.5 Å². The molecule has 1 aliphatic rings. The lowest BCUT2D eigenvalue weighted by atomic mass is 9.93. The molecule has 1 unspecified atom stereocenters. The highest BCUT2D eigenvalue weighted by Crippen LogP contribution is 2.35. The molecule has 154 valence electrons. The number of unbranched alkanes of at least 4 members (excludes halogenated alkanes) is 3. The maximum absolute atomic E-state index is 5.41. The van der Waals surface area contributed by atoms with Crippen molar-refractivity contribution in [3.05, 3.63) is 63.3 Å². The number of aromatic nitrogens is 1. The Balaban J connectivity index is 1.60. The Bertz CT molecular complexity index is 978. The van der Waals surface area contributed by atoms with E-state index in [2.05, 4.69) is 63.5 Å². The number of methoxy groups -OCH3 is 1. The maximum Gasteiger partial charge on any atom is 0.119 e. The van der Waals surface area contributed by atoms with Crippen LogP contribution in [0.25, 0.3) is 10.9 Å². The van der Waals surface area contributed by atoms with Gasteiger partial charge in [-0.15, -0.1) is 0 Å². The van der Waals surface area contributed by atoms with Gasteiger partial charge < -0.3 is 15.0 Å². The van der Waals surface area contributed by atoms with Gasteiger partial charge in [0.2, 0.25) is 0 Å². The predicted octanol–water partition coefficient (Wildman–Crippen LogP) is 6.51. The minimum atomic E-state index is 0.591. The van der Waals surface area contributed by atoms with Crippen LogP contribution in [0, 0.1) is 0 Å². The van der Waals surface area contributed by atoms with Crippen molar-refractivity contribution >= 4 is 26.8 Å². The number of ether oxygens (including phenoxy) is 1. The van der Waals surface area contributed by atoms with Crippen molar-refractivity contribution in [3.8, 4) is 5.75 Å². The molecule has 1 aromatic heterocycles. The molecule has 0 radical (unpaired) electrons. The molecule has 0 amide bonds. The van der Waals surface area contributed by atoms with E-state index in [4.69, 9.17) is 4.74 Å². The summed E-state index contributed by atoms with van der Waals surface area (Å²) in [5, 5.41) is 5.19. The summed E-state index contributed by atoms with van der Waals surface area (Å²) in [6.07, 6.45) is 8.61. The van der Waals surface area contributed by atoms with E-state index in [-0.39, 0.29) is 0 Å². The number of aromatic amines is 1. The second-order valence-corrected chi connectivity index (χ2v) is 9.05. The average Bonchev–Trinajstić information content (AvgIpc) is 3.13. The highest BCUT2D eigenvalue weighted by atomic mass is 79.9. The molecule has 0 spiro atoms. The van der Waals surface area contributed by atoms with Crippen molar-refractivity contribution in [1.82, 2.24) is 10.3 Å². The molecule has 3 aromatic rings. The summed E-state index contributed by atoms with van der Waals surface area (Å²) in [7, 11) is 1.73. The second-order valence-electron chi connectivity index (χ2n) is 8.20. The molecular formula is C25H31BrN2O. The number of fused-ring (bicyclic) bond motifs is 3. The lowest BCUT2D eigenvalue weighted by Crippen LogP contribution is -2.35. The molecule has 0 aliphatic carbocycles. The fourth-order valence-corrected chi connectivity index (χ4v) is 5.00. The summed E-state index contributed by atoms with van der Waals surface area (Å²) in [6, 6.07) is 13.4. The molecule has 1 atom stereocenters. The molecule has 2 heterocycles. The van der Waals surface area contributed by atoms with E-state index < -0.39 is 0 Å². The van der Waals surface area contributed by atoms with Gasteiger partial charge in [0.25, 0.3) is 0 Å². The standard InChI is InChI=1S/C25H31BrN2O/c1-3-4-5-6-9-19-15-23-21(16-27-19)24-18(11-12-22(26)25(24)28-23)13-17-8-7-10-20(14-17)29-2/h7-8,10-12,14,19,27-28H,3-6,9,13,15-16H2,1-2H3. The van der Waals surface area contributed by atoms with Crippen LogP contribution in [0.3, 0.4) is 0 Å². The van der Waals surface area contributed by atoms with Crippen molar-refractivity contribution in [3.63, 3.8) is 0 Å². The third kappa shape index (κ3) is 4.54. The van der Waals surface area contributed by atoms with E-state index >= 15 is 0 Å². The Morgan fingerprint density at radius 2 is 2.03 bits per heavy atom. The van der Waals surface area contributed by atoms with Crippen molar-refractivity contribution in [1.29, 1.82) is 0 Å². The van der Waals surface area contributed by atoms with Gasteiger partial charge in [-0.05, 0) is 63.7 Å². The van der Waals surface area contributed by atoms with Crippen LogP contribution in [0.5, 0.6) is 5.75 Å². The van der Waals surface area contributed by atoms with E-state index in [0.29, 0.717) is 6.04 Å². The molecule has 2 aromatic carbocycles. The Kier molecular flexibility index (Phi) is 6.61. The third-order valence-corrected chi connectivity index (χ3v) is 6.80. The van der Waals surface area contributed by atoms with Crippen LogP contribution in [-0.4, -0.2) is 18.1 Å². The topological polar surface area (TPSA) is 37.0 Å². The molecule has 29 heavy (non-hydrogen) atoms. The van der Waals surface area contributed by atoms with Gasteiger partial charge in [-0.25, -0.2) is 0 Å². The molecule has 0 saturated carbocycles. The van der Waals surface area contributed by atoms with Gasteiger partial charge in [0.15, 0.2) is 0 Å². The van der Waals surface area contributed by atoms with Gasteiger partial charge in [-0.2, -0.15) is 0 Å². The molecule has 4 heteroatoms. The zero-order valence-electron chi connectivity index (χ0n) is 17.5. The molecule has 0 fully saturated rings. The van der Waals surface area contributed by atoms with Crippen molar-refractivity contribution in [2.75, 3.05) is 7.11 Å². The molecule has 1 aliphatic heterocycles. The number of hydrogen-bond acceptors (Lipinski definition) is 2. The van der Waals surface area contributed by atoms with Crippen LogP contribution in [0.1, 0.15) is 61.4 Å². The Morgan fingerprint density at radius 3 is 2.86 bits per heavy atom. The van der Waals surface area contributed by atoms with E-state index in [1.165, 1.54) is 65.4 Å². The highest BCUT2D eigenvalue weighted by molar-refractivity contribution is 9.10. The molecule has 3 nitrogen and oxygen atoms in total. The predicted molar refractivity (Wildman–Crippen MR) is 125 cm³/mol. The molecule has 0 bridgehead atoms. The smallest absolute Gasteiger partial charge is 0.119 e. The van der Waals surface area contributed by atoms with E-state index in [0.717, 1.165) is 29.6 Å². The van der Waals surface area contributed by atoms with Crippen LogP contribution in [0.15, 0.2) is 40.9 Å². The van der Waals surface area contributed by atoms with Crippen LogP contribution in [0.4, 0.5) is 0 Å². The fraction of sp³-hybridized carbons (Fsp3) is 0.440. The first-order chi connectivity index (χ1) is 14.2. The summed E-state index contributed by atoms with van der Waals surface area (Å²) in [5.74, 6) is 0.916. The summed E-state index contributed by atoms with van der Waals surface area (Å²) >= 11 is 3.77. The van der Waals surface area contributed by atoms with E-state index in [1.807, 2.05) is 6.07 Å². The number of H-pyrrole nitrogens is 1. The summed E-state index contributed by atoms with van der Waals surface area (Å²) in [6.45, 7) is 3.23. The number of benzene rings is 2. The van der Waals surface area contributed by atoms with Crippen LogP contribution in [-0.2, 0) is 19.4 Å². The first kappa shape index (κ1) is 20.5. The number of rotatable bonds is 8. The van der Waals surface area contributed by atoms with Crippen molar-refractivity contribution in [2.24, 2.45) is 0 Å². The third-order valence-electron chi connectivity index (χ3n) is 6.14. The zero-order valence-corrected chi connectivity index (χ0v) is 19.1. The molecular weight excluding hydrogens is 424 g/mol. The lowest BCUT2D eigenvalue weighted by Gasteiger charge is -2.24. The SMILES string of the molecule is CCCCCCC1Cc2[nH]c3c(Br)ccc(Cc4cccc(OC)c4)c3c2CN1. The van der Waals surface area contributed by atoms with Gasteiger partial charge in [0, 0.05) is 34.6 Å². The zero-order chi connectivity index (χ0) is 20.2. The maximum atomic E-state index is 5.41. The Morgan fingerprint density at radius 1 is 1.14 bits per heavy atom. The van der Waals surface area contributed by atoms with E-state index in [9.17, 15) is 0 Å². The number of nitrogens with one attached hydrogen (secondary N) is 2. The van der Waals surface area contributed by atoms with Crippen molar-refractivity contribution < 1.29 is 4.74 Å². The quantitative estimate of drug-likeness (QED) is 0.380. The van der Waals surface area contributed by atoms with Crippen LogP contribution in [0.2, 0.25) is 0 Å². The minimum absolute atomic E-state index is 0.591. The molecule has 0 saturated heterocycles. The molecule has 4 rings (SSSR count). The first-order valence-electron chi connectivity index (χ1n) is 10.9. The van der Waals surface area contributed by atoms with Gasteiger partial charge in [-0.1, -0.05) is 50.8 Å². The van der Waals surface area contributed by atoms with E-state index in [1.54, 1.807) is 7.11 Å². The minimum Gasteiger partial charge on any atom is -0.497 e. The summed E-state index contributed by atoms with van der Waals surface area (Å²) in [4.78, 5) is 3.75. The first-order valence-corrected chi connectivity index (χ1v) is 11.7. The Hall–Kier alpha value is -1.78. The lowest BCUT2D eigenvalue weighted by molar-refractivity contribution is 0.414. The van der Waals surface area contributed by atoms with Gasteiger partial charge in [0.1, 0.15) is 5.75 Å². The number of halogens is 1. The van der Waals surface area contributed by atoms with Gasteiger partial charge >= 0.3 is 0 Å². The van der Waals surface area contributed by atoms with Crippen LogP contribution >= 0.6 is 15.9 Å². The molecule has 2 N–H and O–H groups in total. The summed E-state index contributed by atoms with van der Waals surface area (Å²) < 4.78 is 6.56. The Labute approximate surface area is 182 Å². The largest absolute Gasteiger partial charge is 0.497 e. The number of hydrogen-bond donors (Lipinski definition) is 2.